The van der Waals surface area contributed by atoms with Gasteiger partial charge in [-0.05, 0) is 29.8 Å². The van der Waals surface area contributed by atoms with Gasteiger partial charge in [-0.15, -0.1) is 0 Å². The molecule has 1 aromatic carbocycles. The third-order valence-electron chi connectivity index (χ3n) is 2.67. The van der Waals surface area contributed by atoms with E-state index >= 15 is 0 Å². The van der Waals surface area contributed by atoms with Crippen molar-refractivity contribution >= 4 is 11.8 Å². The van der Waals surface area contributed by atoms with Crippen LogP contribution in [-0.4, -0.2) is 28.8 Å². The van der Waals surface area contributed by atoms with Crippen molar-refractivity contribution in [1.29, 1.82) is 0 Å². The van der Waals surface area contributed by atoms with Gasteiger partial charge in [-0.1, -0.05) is 23.6 Å². The molecular formula is C16H16N2O2S. The number of rotatable bonds is 5. The van der Waals surface area contributed by atoms with Crippen LogP contribution in [0.25, 0.3) is 0 Å². The van der Waals surface area contributed by atoms with Crippen LogP contribution >= 0.6 is 11.8 Å². The van der Waals surface area contributed by atoms with Crippen LogP contribution in [0.3, 0.4) is 0 Å². The predicted molar refractivity (Wildman–Crippen MR) is 83.2 cm³/mol. The van der Waals surface area contributed by atoms with Gasteiger partial charge in [-0.3, -0.25) is 0 Å². The first-order chi connectivity index (χ1) is 10.3. The molecule has 0 bridgehead atoms. The number of hydrogen-bond acceptors (Lipinski definition) is 5. The van der Waals surface area contributed by atoms with E-state index in [-0.39, 0.29) is 6.61 Å². The number of hydrogen-bond donors (Lipinski definition) is 1. The summed E-state index contributed by atoms with van der Waals surface area (Å²) < 4.78 is 5.26. The molecule has 1 N–H and O–H groups in total. The van der Waals surface area contributed by atoms with Gasteiger partial charge in [0.1, 0.15) is 5.75 Å². The second kappa shape index (κ2) is 8.30. The van der Waals surface area contributed by atoms with Crippen molar-refractivity contribution in [3.05, 3.63) is 47.8 Å². The van der Waals surface area contributed by atoms with Gasteiger partial charge in [-0.2, -0.15) is 0 Å². The molecule has 108 valence electrons. The maximum Gasteiger partial charge on any atom is 0.187 e. The molecule has 0 aliphatic rings. The van der Waals surface area contributed by atoms with Crippen molar-refractivity contribution in [3.8, 4) is 17.6 Å². The Bertz CT molecular complexity index is 636. The van der Waals surface area contributed by atoms with Crippen molar-refractivity contribution < 1.29 is 9.84 Å². The topological polar surface area (TPSA) is 55.2 Å². The summed E-state index contributed by atoms with van der Waals surface area (Å²) in [5.74, 6) is 7.54. The average Bonchev–Trinajstić information content (AvgIpc) is 2.55. The summed E-state index contributed by atoms with van der Waals surface area (Å²) in [7, 11) is 1.64. The molecule has 0 unspecified atom stereocenters. The van der Waals surface area contributed by atoms with E-state index in [0.717, 1.165) is 22.0 Å². The van der Waals surface area contributed by atoms with Crippen LogP contribution in [0.5, 0.6) is 5.75 Å². The molecule has 2 rings (SSSR count). The van der Waals surface area contributed by atoms with Crippen LogP contribution in [0.15, 0.2) is 41.8 Å². The third-order valence-corrected chi connectivity index (χ3v) is 3.60. The summed E-state index contributed by atoms with van der Waals surface area (Å²) in [6.45, 7) is 0.0745. The fourth-order valence-corrected chi connectivity index (χ4v) is 2.45. The van der Waals surface area contributed by atoms with Crippen LogP contribution in [0.4, 0.5) is 0 Å². The highest BCUT2D eigenvalue weighted by atomic mass is 32.2. The number of methoxy groups -OCH3 is 1. The van der Waals surface area contributed by atoms with Crippen molar-refractivity contribution in [2.24, 2.45) is 0 Å². The highest BCUT2D eigenvalue weighted by Gasteiger charge is 2.05. The molecule has 0 saturated heterocycles. The Hall–Kier alpha value is -2.03. The van der Waals surface area contributed by atoms with Gasteiger partial charge in [0, 0.05) is 30.1 Å². The molecule has 0 radical (unpaired) electrons. The zero-order valence-electron chi connectivity index (χ0n) is 11.7. The van der Waals surface area contributed by atoms with Crippen LogP contribution in [0.1, 0.15) is 17.5 Å². The molecule has 0 spiro atoms. The lowest BCUT2D eigenvalue weighted by atomic mass is 10.1. The molecule has 0 amide bonds. The fraction of sp³-hybridized carbons (Fsp3) is 0.250. The number of aliphatic hydroxyl groups is 1. The van der Waals surface area contributed by atoms with E-state index in [1.54, 1.807) is 37.3 Å². The first kappa shape index (κ1) is 15.4. The Kier molecular flexibility index (Phi) is 6.07. The molecule has 0 atom stereocenters. The predicted octanol–water partition coefficient (Wildman–Crippen LogP) is 2.51. The molecule has 2 aromatic rings. The smallest absolute Gasteiger partial charge is 0.187 e. The van der Waals surface area contributed by atoms with Gasteiger partial charge in [0.15, 0.2) is 5.16 Å². The van der Waals surface area contributed by atoms with E-state index in [4.69, 9.17) is 9.84 Å². The molecular weight excluding hydrogens is 284 g/mol. The van der Waals surface area contributed by atoms with Crippen LogP contribution in [0, 0.1) is 11.8 Å². The maximum absolute atomic E-state index is 8.80. The SMILES string of the molecule is COc1ccc(C#CCCO)c(CSc2ncccn2)c1. The van der Waals surface area contributed by atoms with E-state index in [0.29, 0.717) is 12.2 Å². The summed E-state index contributed by atoms with van der Waals surface area (Å²) in [5.41, 5.74) is 2.00. The van der Waals surface area contributed by atoms with Crippen LogP contribution in [0.2, 0.25) is 0 Å². The molecule has 4 nitrogen and oxygen atoms in total. The zero-order chi connectivity index (χ0) is 14.9. The number of aromatic nitrogens is 2. The second-order valence-electron chi connectivity index (χ2n) is 4.12. The highest BCUT2D eigenvalue weighted by molar-refractivity contribution is 7.98. The van der Waals surface area contributed by atoms with Crippen molar-refractivity contribution in [1.82, 2.24) is 9.97 Å². The minimum Gasteiger partial charge on any atom is -0.497 e. The van der Waals surface area contributed by atoms with E-state index in [1.165, 1.54) is 0 Å². The lowest BCUT2D eigenvalue weighted by molar-refractivity contribution is 0.305. The van der Waals surface area contributed by atoms with Gasteiger partial charge in [-0.25, -0.2) is 9.97 Å². The largest absolute Gasteiger partial charge is 0.497 e. The minimum atomic E-state index is 0.0745. The van der Waals surface area contributed by atoms with Gasteiger partial charge < -0.3 is 9.84 Å². The van der Waals surface area contributed by atoms with Crippen molar-refractivity contribution in [2.75, 3.05) is 13.7 Å². The Balaban J connectivity index is 2.17. The average molecular weight is 300 g/mol. The molecule has 0 aliphatic heterocycles. The number of ether oxygens (including phenoxy) is 1. The molecule has 21 heavy (non-hydrogen) atoms. The van der Waals surface area contributed by atoms with Crippen molar-refractivity contribution in [2.45, 2.75) is 17.3 Å². The summed E-state index contributed by atoms with van der Waals surface area (Å²) in [4.78, 5) is 8.39. The lowest BCUT2D eigenvalue weighted by Crippen LogP contribution is -1.92. The lowest BCUT2D eigenvalue weighted by Gasteiger charge is -2.07. The molecule has 0 fully saturated rings. The van der Waals surface area contributed by atoms with E-state index in [2.05, 4.69) is 21.8 Å². The fourth-order valence-electron chi connectivity index (χ4n) is 1.65. The van der Waals surface area contributed by atoms with Gasteiger partial charge in [0.25, 0.3) is 0 Å². The number of thioether (sulfide) groups is 1. The molecule has 1 heterocycles. The minimum absolute atomic E-state index is 0.0745. The first-order valence-corrected chi connectivity index (χ1v) is 7.48. The Morgan fingerprint density at radius 1 is 1.29 bits per heavy atom. The summed E-state index contributed by atoms with van der Waals surface area (Å²) >= 11 is 1.55. The standard InChI is InChI=1S/C16H16N2O2S/c1-20-15-7-6-13(5-2-3-10-19)14(11-15)12-21-16-17-8-4-9-18-16/h4,6-9,11,19H,3,10,12H2,1H3. The first-order valence-electron chi connectivity index (χ1n) is 6.50. The quantitative estimate of drug-likeness (QED) is 0.522. The normalized spacial score (nSPS) is 9.81. The van der Waals surface area contributed by atoms with Crippen LogP contribution < -0.4 is 4.74 Å². The van der Waals surface area contributed by atoms with Crippen molar-refractivity contribution in [3.63, 3.8) is 0 Å². The number of aliphatic hydroxyl groups excluding tert-OH is 1. The zero-order valence-corrected chi connectivity index (χ0v) is 12.6. The molecule has 0 saturated carbocycles. The Labute approximate surface area is 128 Å². The van der Waals surface area contributed by atoms with Gasteiger partial charge in [0.2, 0.25) is 0 Å². The molecule has 0 aliphatic carbocycles. The summed E-state index contributed by atoms with van der Waals surface area (Å²) in [6, 6.07) is 7.58. The molecule has 5 heteroatoms. The monoisotopic (exact) mass is 300 g/mol. The maximum atomic E-state index is 8.80. The van der Waals surface area contributed by atoms with Gasteiger partial charge >= 0.3 is 0 Å². The number of nitrogens with zero attached hydrogens (tertiary/aromatic N) is 2. The summed E-state index contributed by atoms with van der Waals surface area (Å²) in [5, 5.41) is 9.54. The Morgan fingerprint density at radius 2 is 2.10 bits per heavy atom. The van der Waals surface area contributed by atoms with E-state index in [1.807, 2.05) is 18.2 Å². The van der Waals surface area contributed by atoms with E-state index < -0.39 is 0 Å². The Morgan fingerprint density at radius 3 is 2.81 bits per heavy atom. The molecule has 1 aromatic heterocycles. The van der Waals surface area contributed by atoms with Gasteiger partial charge in [0.05, 0.1) is 13.7 Å². The second-order valence-corrected chi connectivity index (χ2v) is 5.06. The van der Waals surface area contributed by atoms with E-state index in [9.17, 15) is 0 Å². The third kappa shape index (κ3) is 4.78. The van der Waals surface area contributed by atoms with Crippen LogP contribution in [-0.2, 0) is 5.75 Å². The number of benzene rings is 1. The highest BCUT2D eigenvalue weighted by Crippen LogP contribution is 2.24. The summed E-state index contributed by atoms with van der Waals surface area (Å²) in [6.07, 6.45) is 3.92.